The third-order valence-corrected chi connectivity index (χ3v) is 6.14. The Morgan fingerprint density at radius 2 is 1.74 bits per heavy atom. The van der Waals surface area contributed by atoms with Gasteiger partial charge in [-0.3, -0.25) is 14.6 Å². The summed E-state index contributed by atoms with van der Waals surface area (Å²) in [5, 5.41) is 9.03. The van der Waals surface area contributed by atoms with Crippen LogP contribution in [-0.4, -0.2) is 49.2 Å². The topological polar surface area (TPSA) is 117 Å². The van der Waals surface area contributed by atoms with Crippen LogP contribution in [-0.2, 0) is 19.1 Å². The number of nitrogens with zero attached hydrogens (tertiary/aromatic N) is 3. The van der Waals surface area contributed by atoms with E-state index in [9.17, 15) is 14.4 Å². The lowest BCUT2D eigenvalue weighted by molar-refractivity contribution is -0.135. The number of para-hydroxylation sites is 3. The predicted octanol–water partition coefficient (Wildman–Crippen LogP) is 2.52. The molecule has 2 aromatic rings. The third kappa shape index (κ3) is 5.03. The van der Waals surface area contributed by atoms with E-state index < -0.39 is 12.0 Å². The smallest absolute Gasteiger partial charge is 0.354 e. The molecular weight excluding hydrogens is 434 g/mol. The van der Waals surface area contributed by atoms with Gasteiger partial charge in [0.25, 0.3) is 0 Å². The van der Waals surface area contributed by atoms with Crippen molar-refractivity contribution in [3.05, 3.63) is 54.6 Å². The first kappa shape index (κ1) is 23.3. The minimum absolute atomic E-state index is 0.116. The average molecular weight is 464 g/mol. The lowest BCUT2D eigenvalue weighted by Crippen LogP contribution is -2.40. The van der Waals surface area contributed by atoms with Gasteiger partial charge in [0.2, 0.25) is 11.8 Å². The molecule has 3 N–H and O–H groups in total. The van der Waals surface area contributed by atoms with E-state index in [1.165, 1.54) is 0 Å². The zero-order valence-corrected chi connectivity index (χ0v) is 19.1. The molecule has 0 bridgehead atoms. The summed E-state index contributed by atoms with van der Waals surface area (Å²) in [7, 11) is 0. The van der Waals surface area contributed by atoms with Gasteiger partial charge in [0.1, 0.15) is 11.8 Å². The van der Waals surface area contributed by atoms with Gasteiger partial charge in [-0.1, -0.05) is 30.3 Å². The molecule has 2 heterocycles. The van der Waals surface area contributed by atoms with Gasteiger partial charge in [0.05, 0.1) is 23.7 Å². The molecule has 0 aromatic heterocycles. The molecule has 1 atom stereocenters. The number of nitrogens with one attached hydrogen (secondary N) is 1. The molecule has 2 aromatic carbocycles. The fourth-order valence-electron chi connectivity index (χ4n) is 4.35. The Kier molecular flexibility index (Phi) is 7.10. The average Bonchev–Trinajstić information content (AvgIpc) is 3.31. The quantitative estimate of drug-likeness (QED) is 0.610. The Balaban J connectivity index is 1.53. The number of hydrogen-bond acceptors (Lipinski definition) is 7. The van der Waals surface area contributed by atoms with Crippen LogP contribution in [0.5, 0.6) is 0 Å². The molecule has 0 aliphatic carbocycles. The van der Waals surface area contributed by atoms with Gasteiger partial charge in [0, 0.05) is 25.4 Å². The number of primary amides is 1. The third-order valence-electron chi connectivity index (χ3n) is 6.14. The number of esters is 1. The first-order chi connectivity index (χ1) is 16.5. The van der Waals surface area contributed by atoms with Gasteiger partial charge in [-0.15, -0.1) is 0 Å². The van der Waals surface area contributed by atoms with Crippen molar-refractivity contribution >= 4 is 40.6 Å². The van der Waals surface area contributed by atoms with Crippen LogP contribution in [0, 0.1) is 5.92 Å². The first-order valence-corrected chi connectivity index (χ1v) is 11.5. The van der Waals surface area contributed by atoms with E-state index in [0.29, 0.717) is 37.3 Å². The number of ether oxygens (including phenoxy) is 1. The minimum atomic E-state index is -0.699. The first-order valence-electron chi connectivity index (χ1n) is 11.5. The van der Waals surface area contributed by atoms with Crippen molar-refractivity contribution in [3.8, 4) is 0 Å². The van der Waals surface area contributed by atoms with Gasteiger partial charge in [0.15, 0.2) is 0 Å². The van der Waals surface area contributed by atoms with E-state index in [-0.39, 0.29) is 36.5 Å². The van der Waals surface area contributed by atoms with Crippen molar-refractivity contribution in [2.45, 2.75) is 32.2 Å². The summed E-state index contributed by atoms with van der Waals surface area (Å²) in [5.74, 6) is -1.17. The highest BCUT2D eigenvalue weighted by atomic mass is 16.5. The standard InChI is InChI=1S/C25H29N5O4/c1-2-34-25(33)20-16-22(30(28-20)18-8-4-3-5-9-18)24(32)27-19-10-6-7-11-21(19)29-14-12-17(13-15-29)23(26)31/h3-11,17,22H,2,12-16H2,1H3,(H2,26,31)(H,27,32). The fraction of sp³-hybridized carbons (Fsp3) is 0.360. The normalized spacial score (nSPS) is 18.4. The highest BCUT2D eigenvalue weighted by Crippen LogP contribution is 2.31. The highest BCUT2D eigenvalue weighted by molar-refractivity contribution is 6.38. The molecule has 1 fully saturated rings. The van der Waals surface area contributed by atoms with Crippen LogP contribution in [0.1, 0.15) is 26.2 Å². The molecule has 1 unspecified atom stereocenters. The second-order valence-electron chi connectivity index (χ2n) is 8.34. The molecule has 0 spiro atoms. The van der Waals surface area contributed by atoms with Crippen LogP contribution < -0.4 is 21.0 Å². The van der Waals surface area contributed by atoms with Crippen LogP contribution in [0.4, 0.5) is 17.1 Å². The molecule has 9 heteroatoms. The minimum Gasteiger partial charge on any atom is -0.461 e. The number of hydrogen-bond donors (Lipinski definition) is 2. The van der Waals surface area contributed by atoms with Crippen LogP contribution >= 0.6 is 0 Å². The van der Waals surface area contributed by atoms with Crippen LogP contribution in [0.15, 0.2) is 59.7 Å². The Labute approximate surface area is 198 Å². The van der Waals surface area contributed by atoms with Crippen molar-refractivity contribution in [3.63, 3.8) is 0 Å². The molecule has 2 aliphatic heterocycles. The molecule has 34 heavy (non-hydrogen) atoms. The highest BCUT2D eigenvalue weighted by Gasteiger charge is 2.37. The maximum atomic E-state index is 13.4. The number of piperidine rings is 1. The van der Waals surface area contributed by atoms with Crippen molar-refractivity contribution in [2.75, 3.05) is 34.9 Å². The number of anilines is 3. The lowest BCUT2D eigenvalue weighted by atomic mass is 9.96. The van der Waals surface area contributed by atoms with Gasteiger partial charge in [-0.05, 0) is 44.0 Å². The maximum absolute atomic E-state index is 13.4. The van der Waals surface area contributed by atoms with Crippen molar-refractivity contribution in [2.24, 2.45) is 16.8 Å². The van der Waals surface area contributed by atoms with E-state index in [1.807, 2.05) is 54.6 Å². The molecule has 0 radical (unpaired) electrons. The Hall–Kier alpha value is -3.88. The molecule has 1 saturated heterocycles. The van der Waals surface area contributed by atoms with Crippen LogP contribution in [0.3, 0.4) is 0 Å². The molecule has 0 saturated carbocycles. The summed E-state index contributed by atoms with van der Waals surface area (Å²) in [6.07, 6.45) is 1.50. The predicted molar refractivity (Wildman–Crippen MR) is 131 cm³/mol. The monoisotopic (exact) mass is 463 g/mol. The number of amides is 2. The van der Waals surface area contributed by atoms with E-state index >= 15 is 0 Å². The molecular formula is C25H29N5O4. The summed E-state index contributed by atoms with van der Waals surface area (Å²) < 4.78 is 5.11. The number of rotatable bonds is 7. The fourth-order valence-corrected chi connectivity index (χ4v) is 4.35. The van der Waals surface area contributed by atoms with E-state index in [4.69, 9.17) is 10.5 Å². The SMILES string of the molecule is CCOC(=O)C1=NN(c2ccccc2)C(C(=O)Nc2ccccc2N2CCC(C(N)=O)CC2)C1. The summed E-state index contributed by atoms with van der Waals surface area (Å²) >= 11 is 0. The Morgan fingerprint density at radius 1 is 1.06 bits per heavy atom. The molecule has 2 aliphatic rings. The van der Waals surface area contributed by atoms with E-state index in [0.717, 1.165) is 5.69 Å². The van der Waals surface area contributed by atoms with Crippen LogP contribution in [0.25, 0.3) is 0 Å². The summed E-state index contributed by atoms with van der Waals surface area (Å²) in [4.78, 5) is 39.4. The molecule has 178 valence electrons. The molecule has 9 nitrogen and oxygen atoms in total. The number of nitrogens with two attached hydrogens (primary N) is 1. The van der Waals surface area contributed by atoms with E-state index in [1.54, 1.807) is 11.9 Å². The number of benzene rings is 2. The van der Waals surface area contributed by atoms with Gasteiger partial charge in [-0.2, -0.15) is 5.10 Å². The van der Waals surface area contributed by atoms with Crippen molar-refractivity contribution < 1.29 is 19.1 Å². The number of hydrazone groups is 1. The van der Waals surface area contributed by atoms with Gasteiger partial charge < -0.3 is 20.7 Å². The van der Waals surface area contributed by atoms with Crippen molar-refractivity contribution in [1.82, 2.24) is 0 Å². The molecule has 2 amide bonds. The maximum Gasteiger partial charge on any atom is 0.354 e. The van der Waals surface area contributed by atoms with E-state index in [2.05, 4.69) is 15.3 Å². The number of carbonyl (C=O) groups is 3. The summed E-state index contributed by atoms with van der Waals surface area (Å²) in [6, 6.07) is 16.1. The second kappa shape index (κ2) is 10.4. The van der Waals surface area contributed by atoms with Gasteiger partial charge in [-0.25, -0.2) is 4.79 Å². The number of carbonyl (C=O) groups excluding carboxylic acids is 3. The zero-order valence-electron chi connectivity index (χ0n) is 19.1. The molecule has 4 rings (SSSR count). The summed E-state index contributed by atoms with van der Waals surface area (Å²) in [6.45, 7) is 3.32. The van der Waals surface area contributed by atoms with Crippen LogP contribution in [0.2, 0.25) is 0 Å². The van der Waals surface area contributed by atoms with Crippen molar-refractivity contribution in [1.29, 1.82) is 0 Å². The Morgan fingerprint density at radius 3 is 2.41 bits per heavy atom. The zero-order chi connectivity index (χ0) is 24.1. The van der Waals surface area contributed by atoms with Gasteiger partial charge >= 0.3 is 5.97 Å². The second-order valence-corrected chi connectivity index (χ2v) is 8.34. The Bertz CT molecular complexity index is 1080. The largest absolute Gasteiger partial charge is 0.461 e. The lowest BCUT2D eigenvalue weighted by Gasteiger charge is -2.33. The summed E-state index contributed by atoms with van der Waals surface area (Å²) in [5.41, 5.74) is 7.95.